The second-order valence-corrected chi connectivity index (χ2v) is 5.90. The molecule has 130 valence electrons. The molecule has 1 amide bonds. The van der Waals surface area contributed by atoms with E-state index in [9.17, 15) is 9.59 Å². The van der Waals surface area contributed by atoms with Gasteiger partial charge in [-0.05, 0) is 24.3 Å². The van der Waals surface area contributed by atoms with Crippen molar-refractivity contribution < 1.29 is 28.9 Å². The molecule has 0 aromatic heterocycles. The van der Waals surface area contributed by atoms with E-state index in [0.29, 0.717) is 25.3 Å². The van der Waals surface area contributed by atoms with Gasteiger partial charge in [-0.15, -0.1) is 0 Å². The molecule has 0 bridgehead atoms. The average molecular weight is 335 g/mol. The van der Waals surface area contributed by atoms with Crippen LogP contribution in [0.4, 0.5) is 0 Å². The number of rotatable bonds is 4. The van der Waals surface area contributed by atoms with E-state index >= 15 is 0 Å². The van der Waals surface area contributed by atoms with Crippen molar-refractivity contribution in [3.8, 4) is 5.75 Å². The molecule has 2 aliphatic heterocycles. The molecule has 7 nitrogen and oxygen atoms in total. The second kappa shape index (κ2) is 7.63. The summed E-state index contributed by atoms with van der Waals surface area (Å²) in [6.45, 7) is 2.11. The predicted octanol–water partition coefficient (Wildman–Crippen LogP) is 1.17. The monoisotopic (exact) mass is 335 g/mol. The van der Waals surface area contributed by atoms with Gasteiger partial charge in [0.1, 0.15) is 11.9 Å². The molecule has 24 heavy (non-hydrogen) atoms. The van der Waals surface area contributed by atoms with E-state index in [0.717, 1.165) is 18.6 Å². The molecule has 2 heterocycles. The van der Waals surface area contributed by atoms with Crippen LogP contribution in [-0.4, -0.2) is 67.0 Å². The van der Waals surface area contributed by atoms with Crippen LogP contribution in [0.25, 0.3) is 0 Å². The number of carboxylic acid groups (broad SMARTS) is 1. The van der Waals surface area contributed by atoms with Gasteiger partial charge in [-0.25, -0.2) is 4.79 Å². The van der Waals surface area contributed by atoms with E-state index in [4.69, 9.17) is 19.3 Å². The number of carbonyl (C=O) groups excluding carboxylic acids is 1. The third-order valence-corrected chi connectivity index (χ3v) is 4.20. The molecule has 0 spiro atoms. The summed E-state index contributed by atoms with van der Waals surface area (Å²) in [6, 6.07) is 6.97. The number of hydrogen-bond donors (Lipinski definition) is 1. The first kappa shape index (κ1) is 16.7. The first-order chi connectivity index (χ1) is 11.6. The lowest BCUT2D eigenvalue weighted by atomic mass is 10.1. The summed E-state index contributed by atoms with van der Waals surface area (Å²) < 4.78 is 16.3. The van der Waals surface area contributed by atoms with Crippen LogP contribution < -0.4 is 4.74 Å². The maximum absolute atomic E-state index is 12.5. The smallest absolute Gasteiger partial charge is 0.334 e. The van der Waals surface area contributed by atoms with Crippen molar-refractivity contribution in [3.63, 3.8) is 0 Å². The van der Waals surface area contributed by atoms with Crippen LogP contribution in [0.15, 0.2) is 24.3 Å². The van der Waals surface area contributed by atoms with Gasteiger partial charge in [-0.3, -0.25) is 4.79 Å². The Hall–Kier alpha value is -2.12. The molecular weight excluding hydrogens is 314 g/mol. The van der Waals surface area contributed by atoms with E-state index in [-0.39, 0.29) is 25.2 Å². The number of carbonyl (C=O) groups is 2. The molecule has 0 saturated carbocycles. The van der Waals surface area contributed by atoms with Crippen LogP contribution in [-0.2, 0) is 14.3 Å². The SMILES string of the molecule is O=C(O)C1CN(C(=O)c2ccc(OC3CCOCC3)cc2)CCO1. The van der Waals surface area contributed by atoms with E-state index in [2.05, 4.69) is 0 Å². The topological polar surface area (TPSA) is 85.3 Å². The number of amides is 1. The van der Waals surface area contributed by atoms with Crippen LogP contribution in [0.2, 0.25) is 0 Å². The maximum atomic E-state index is 12.5. The Morgan fingerprint density at radius 1 is 1.12 bits per heavy atom. The lowest BCUT2D eigenvalue weighted by Crippen LogP contribution is -2.48. The summed E-state index contributed by atoms with van der Waals surface area (Å²) in [5.41, 5.74) is 0.514. The van der Waals surface area contributed by atoms with E-state index in [1.165, 1.54) is 4.90 Å². The van der Waals surface area contributed by atoms with Gasteiger partial charge in [0.05, 0.1) is 26.4 Å². The molecule has 0 radical (unpaired) electrons. The molecule has 1 unspecified atom stereocenters. The van der Waals surface area contributed by atoms with Gasteiger partial charge in [0.25, 0.3) is 5.91 Å². The zero-order valence-corrected chi connectivity index (χ0v) is 13.3. The van der Waals surface area contributed by atoms with Gasteiger partial charge in [0, 0.05) is 24.9 Å². The van der Waals surface area contributed by atoms with Gasteiger partial charge < -0.3 is 24.2 Å². The Balaban J connectivity index is 1.60. The lowest BCUT2D eigenvalue weighted by Gasteiger charge is -2.31. The van der Waals surface area contributed by atoms with Crippen LogP contribution in [0.1, 0.15) is 23.2 Å². The third-order valence-electron chi connectivity index (χ3n) is 4.20. The molecule has 2 saturated heterocycles. The lowest BCUT2D eigenvalue weighted by molar-refractivity contribution is -0.154. The Morgan fingerprint density at radius 3 is 2.50 bits per heavy atom. The maximum Gasteiger partial charge on any atom is 0.334 e. The average Bonchev–Trinajstić information content (AvgIpc) is 2.63. The third kappa shape index (κ3) is 4.04. The van der Waals surface area contributed by atoms with E-state index in [1.807, 2.05) is 0 Å². The number of nitrogens with zero attached hydrogens (tertiary/aromatic N) is 1. The van der Waals surface area contributed by atoms with Crippen LogP contribution in [0.3, 0.4) is 0 Å². The van der Waals surface area contributed by atoms with Gasteiger partial charge in [0.2, 0.25) is 0 Å². The molecular formula is C17H21NO6. The number of hydrogen-bond acceptors (Lipinski definition) is 5. The van der Waals surface area contributed by atoms with Gasteiger partial charge in [0.15, 0.2) is 6.10 Å². The van der Waals surface area contributed by atoms with Gasteiger partial charge in [-0.1, -0.05) is 0 Å². The standard InChI is InChI=1S/C17H21NO6/c19-16(18-7-10-23-15(11-18)17(20)21)12-1-3-13(4-2-12)24-14-5-8-22-9-6-14/h1-4,14-15H,5-11H2,(H,20,21). The van der Waals surface area contributed by atoms with Gasteiger partial charge in [-0.2, -0.15) is 0 Å². The number of carboxylic acids is 1. The fourth-order valence-electron chi connectivity index (χ4n) is 2.83. The minimum Gasteiger partial charge on any atom is -0.490 e. The fourth-order valence-corrected chi connectivity index (χ4v) is 2.83. The van der Waals surface area contributed by atoms with Crippen molar-refractivity contribution in [2.75, 3.05) is 32.9 Å². The minimum absolute atomic E-state index is 0.0640. The zero-order valence-electron chi connectivity index (χ0n) is 13.3. The Morgan fingerprint density at radius 2 is 1.83 bits per heavy atom. The summed E-state index contributed by atoms with van der Waals surface area (Å²) in [5, 5.41) is 9.01. The van der Waals surface area contributed by atoms with Crippen molar-refractivity contribution >= 4 is 11.9 Å². The zero-order chi connectivity index (χ0) is 16.9. The molecule has 1 atom stereocenters. The number of benzene rings is 1. The molecule has 1 aromatic carbocycles. The van der Waals surface area contributed by atoms with Crippen LogP contribution in [0, 0.1) is 0 Å². The summed E-state index contributed by atoms with van der Waals surface area (Å²) in [4.78, 5) is 25.0. The number of aliphatic carboxylic acids is 1. The van der Waals surface area contributed by atoms with Gasteiger partial charge >= 0.3 is 5.97 Å². The number of morpholine rings is 1. The molecule has 7 heteroatoms. The molecule has 1 N–H and O–H groups in total. The van der Waals surface area contributed by atoms with Crippen molar-refractivity contribution in [1.82, 2.24) is 4.90 Å². The first-order valence-electron chi connectivity index (χ1n) is 8.11. The summed E-state index contributed by atoms with van der Waals surface area (Å²) >= 11 is 0. The largest absolute Gasteiger partial charge is 0.490 e. The highest BCUT2D eigenvalue weighted by Gasteiger charge is 2.29. The minimum atomic E-state index is -1.05. The fraction of sp³-hybridized carbons (Fsp3) is 0.529. The quantitative estimate of drug-likeness (QED) is 0.889. The Kier molecular flexibility index (Phi) is 5.32. The molecule has 2 fully saturated rings. The van der Waals surface area contributed by atoms with E-state index < -0.39 is 12.1 Å². The molecule has 3 rings (SSSR count). The highest BCUT2D eigenvalue weighted by atomic mass is 16.5. The summed E-state index contributed by atoms with van der Waals surface area (Å²) in [7, 11) is 0. The summed E-state index contributed by atoms with van der Waals surface area (Å²) in [5.74, 6) is -0.515. The highest BCUT2D eigenvalue weighted by molar-refractivity contribution is 5.94. The second-order valence-electron chi connectivity index (χ2n) is 5.90. The summed E-state index contributed by atoms with van der Waals surface area (Å²) in [6.07, 6.45) is 0.922. The molecule has 2 aliphatic rings. The number of ether oxygens (including phenoxy) is 3. The van der Waals surface area contributed by atoms with Crippen molar-refractivity contribution in [2.45, 2.75) is 25.0 Å². The Labute approximate surface area is 140 Å². The van der Waals surface area contributed by atoms with Crippen molar-refractivity contribution in [2.24, 2.45) is 0 Å². The normalized spacial score (nSPS) is 22.2. The first-order valence-corrected chi connectivity index (χ1v) is 8.11. The molecule has 0 aliphatic carbocycles. The van der Waals surface area contributed by atoms with E-state index in [1.54, 1.807) is 24.3 Å². The molecule has 1 aromatic rings. The Bertz CT molecular complexity index is 581. The highest BCUT2D eigenvalue weighted by Crippen LogP contribution is 2.20. The van der Waals surface area contributed by atoms with Crippen LogP contribution >= 0.6 is 0 Å². The predicted molar refractivity (Wildman–Crippen MR) is 84.2 cm³/mol. The van der Waals surface area contributed by atoms with Crippen LogP contribution in [0.5, 0.6) is 5.75 Å². The van der Waals surface area contributed by atoms with Crippen molar-refractivity contribution in [3.05, 3.63) is 29.8 Å². The van der Waals surface area contributed by atoms with Crippen molar-refractivity contribution in [1.29, 1.82) is 0 Å².